The average molecular weight is 216 g/mol. The molecule has 2 nitrogen and oxygen atoms in total. The van der Waals surface area contributed by atoms with E-state index in [0.717, 1.165) is 12.8 Å². The van der Waals surface area contributed by atoms with Gasteiger partial charge in [-0.2, -0.15) is 0 Å². The van der Waals surface area contributed by atoms with Crippen molar-refractivity contribution in [1.82, 2.24) is 0 Å². The molecular weight excluding hydrogens is 188 g/mol. The van der Waals surface area contributed by atoms with Crippen LogP contribution in [0.5, 0.6) is 0 Å². The molecule has 0 aliphatic carbocycles. The van der Waals surface area contributed by atoms with E-state index >= 15 is 0 Å². The number of aliphatic hydroxyl groups is 2. The van der Waals surface area contributed by atoms with Crippen molar-refractivity contribution in [2.75, 3.05) is 13.2 Å². The fraction of sp³-hybridized carbons (Fsp3) is 1.00. The topological polar surface area (TPSA) is 40.5 Å². The van der Waals surface area contributed by atoms with Gasteiger partial charge in [0.05, 0.1) is 0 Å². The molecule has 0 fully saturated rings. The van der Waals surface area contributed by atoms with Crippen LogP contribution >= 0.6 is 0 Å². The van der Waals surface area contributed by atoms with Crippen molar-refractivity contribution in [2.45, 2.75) is 64.7 Å². The van der Waals surface area contributed by atoms with Crippen LogP contribution in [0, 0.1) is 5.92 Å². The van der Waals surface area contributed by atoms with Crippen molar-refractivity contribution < 1.29 is 10.2 Å². The summed E-state index contributed by atoms with van der Waals surface area (Å²) >= 11 is 0. The molecule has 15 heavy (non-hydrogen) atoms. The molecule has 0 aromatic rings. The van der Waals surface area contributed by atoms with Crippen molar-refractivity contribution in [2.24, 2.45) is 5.92 Å². The monoisotopic (exact) mass is 216 g/mol. The van der Waals surface area contributed by atoms with Crippen LogP contribution in [0.2, 0.25) is 0 Å². The number of aliphatic hydroxyl groups excluding tert-OH is 2. The summed E-state index contributed by atoms with van der Waals surface area (Å²) in [5.74, 6) is 0.533. The Morgan fingerprint density at radius 3 is 1.80 bits per heavy atom. The molecule has 0 bridgehead atoms. The normalized spacial score (nSPS) is 11.2. The summed E-state index contributed by atoms with van der Waals surface area (Å²) in [7, 11) is 0. The summed E-state index contributed by atoms with van der Waals surface area (Å²) in [6.07, 6.45) is 10.8. The van der Waals surface area contributed by atoms with E-state index in [9.17, 15) is 0 Å². The maximum Gasteiger partial charge on any atom is 0.0433 e. The number of unbranched alkanes of at least 4 members (excludes halogenated alkanes) is 5. The second-order valence-electron chi connectivity index (χ2n) is 4.45. The van der Waals surface area contributed by atoms with Gasteiger partial charge in [-0.15, -0.1) is 0 Å². The van der Waals surface area contributed by atoms with Crippen LogP contribution < -0.4 is 0 Å². The van der Waals surface area contributed by atoms with Crippen LogP contribution in [0.1, 0.15) is 64.7 Å². The first kappa shape index (κ1) is 14.9. The fourth-order valence-corrected chi connectivity index (χ4v) is 2.01. The van der Waals surface area contributed by atoms with Crippen molar-refractivity contribution >= 4 is 0 Å². The third kappa shape index (κ3) is 10.2. The molecular formula is C13H28O2. The number of hydrogen-bond acceptors (Lipinski definition) is 2. The first-order chi connectivity index (χ1) is 7.35. The van der Waals surface area contributed by atoms with E-state index in [1.54, 1.807) is 0 Å². The summed E-state index contributed by atoms with van der Waals surface area (Å²) in [6.45, 7) is 2.76. The predicted molar refractivity (Wildman–Crippen MR) is 64.9 cm³/mol. The predicted octanol–water partition coefficient (Wildman–Crippen LogP) is 3.12. The Morgan fingerprint density at radius 2 is 1.27 bits per heavy atom. The van der Waals surface area contributed by atoms with Gasteiger partial charge in [-0.1, -0.05) is 51.9 Å². The Morgan fingerprint density at radius 1 is 0.733 bits per heavy atom. The van der Waals surface area contributed by atoms with E-state index < -0.39 is 0 Å². The Labute approximate surface area is 94.7 Å². The smallest absolute Gasteiger partial charge is 0.0433 e. The molecule has 0 aliphatic rings. The van der Waals surface area contributed by atoms with Gasteiger partial charge in [-0.05, 0) is 18.8 Å². The Hall–Kier alpha value is -0.0800. The molecule has 92 valence electrons. The fourth-order valence-electron chi connectivity index (χ4n) is 2.01. The quantitative estimate of drug-likeness (QED) is 0.521. The maximum atomic E-state index is 8.85. The number of rotatable bonds is 11. The lowest BCUT2D eigenvalue weighted by molar-refractivity contribution is 0.207. The molecule has 0 heterocycles. The zero-order chi connectivity index (χ0) is 11.4. The van der Waals surface area contributed by atoms with Gasteiger partial charge in [0.1, 0.15) is 0 Å². The summed E-state index contributed by atoms with van der Waals surface area (Å²) in [4.78, 5) is 0. The van der Waals surface area contributed by atoms with Gasteiger partial charge in [-0.25, -0.2) is 0 Å². The largest absolute Gasteiger partial charge is 0.396 e. The molecule has 0 aromatic carbocycles. The summed E-state index contributed by atoms with van der Waals surface area (Å²) in [6, 6.07) is 0. The number of hydrogen-bond donors (Lipinski definition) is 2. The van der Waals surface area contributed by atoms with Gasteiger partial charge < -0.3 is 10.2 Å². The zero-order valence-electron chi connectivity index (χ0n) is 10.2. The molecule has 0 amide bonds. The highest BCUT2D eigenvalue weighted by Gasteiger charge is 2.06. The lowest BCUT2D eigenvalue weighted by atomic mass is 9.95. The molecule has 0 atom stereocenters. The van der Waals surface area contributed by atoms with Gasteiger partial charge in [0, 0.05) is 13.2 Å². The standard InChI is InChI=1S/C13H28O2/c1-2-3-4-5-6-7-8-13(9-11-14)10-12-15/h13-15H,2-12H2,1H3. The summed E-state index contributed by atoms with van der Waals surface area (Å²) < 4.78 is 0. The molecule has 0 unspecified atom stereocenters. The third-order valence-electron chi connectivity index (χ3n) is 3.04. The molecule has 2 heteroatoms. The Balaban J connectivity index is 3.28. The highest BCUT2D eigenvalue weighted by Crippen LogP contribution is 2.17. The lowest BCUT2D eigenvalue weighted by Gasteiger charge is -2.13. The molecule has 2 N–H and O–H groups in total. The SMILES string of the molecule is CCCCCCCCC(CCO)CCO. The summed E-state index contributed by atoms with van der Waals surface area (Å²) in [5.41, 5.74) is 0. The third-order valence-corrected chi connectivity index (χ3v) is 3.04. The van der Waals surface area contributed by atoms with Crippen LogP contribution in [0.25, 0.3) is 0 Å². The maximum absolute atomic E-state index is 8.85. The van der Waals surface area contributed by atoms with E-state index in [0.29, 0.717) is 5.92 Å². The van der Waals surface area contributed by atoms with E-state index in [1.165, 1.54) is 44.9 Å². The zero-order valence-corrected chi connectivity index (χ0v) is 10.2. The van der Waals surface area contributed by atoms with Gasteiger partial charge in [-0.3, -0.25) is 0 Å². The van der Waals surface area contributed by atoms with Crippen LogP contribution in [0.4, 0.5) is 0 Å². The van der Waals surface area contributed by atoms with Crippen LogP contribution in [-0.2, 0) is 0 Å². The van der Waals surface area contributed by atoms with Crippen molar-refractivity contribution in [3.05, 3.63) is 0 Å². The minimum absolute atomic E-state index is 0.264. The van der Waals surface area contributed by atoms with E-state index in [-0.39, 0.29) is 13.2 Å². The van der Waals surface area contributed by atoms with Crippen molar-refractivity contribution in [3.8, 4) is 0 Å². The molecule has 0 aromatic heterocycles. The van der Waals surface area contributed by atoms with Gasteiger partial charge in [0.15, 0.2) is 0 Å². The summed E-state index contributed by atoms with van der Waals surface area (Å²) in [5, 5.41) is 17.7. The van der Waals surface area contributed by atoms with Crippen LogP contribution in [0.3, 0.4) is 0 Å². The first-order valence-electron chi connectivity index (χ1n) is 6.56. The molecule has 0 aliphatic heterocycles. The van der Waals surface area contributed by atoms with Gasteiger partial charge in [0.2, 0.25) is 0 Å². The van der Waals surface area contributed by atoms with E-state index in [1.807, 2.05) is 0 Å². The molecule has 0 spiro atoms. The minimum Gasteiger partial charge on any atom is -0.396 e. The molecule has 0 saturated carbocycles. The van der Waals surface area contributed by atoms with Gasteiger partial charge in [0.25, 0.3) is 0 Å². The van der Waals surface area contributed by atoms with Crippen molar-refractivity contribution in [1.29, 1.82) is 0 Å². The van der Waals surface area contributed by atoms with Crippen LogP contribution in [-0.4, -0.2) is 23.4 Å². The highest BCUT2D eigenvalue weighted by molar-refractivity contribution is 4.59. The van der Waals surface area contributed by atoms with E-state index in [2.05, 4.69) is 6.92 Å². The second kappa shape index (κ2) is 12.0. The first-order valence-corrected chi connectivity index (χ1v) is 6.56. The molecule has 0 rings (SSSR count). The average Bonchev–Trinajstić information content (AvgIpc) is 2.24. The lowest BCUT2D eigenvalue weighted by Crippen LogP contribution is -2.05. The highest BCUT2D eigenvalue weighted by atomic mass is 16.3. The van der Waals surface area contributed by atoms with Crippen LogP contribution in [0.15, 0.2) is 0 Å². The molecule has 0 radical (unpaired) electrons. The molecule has 0 saturated heterocycles. The second-order valence-corrected chi connectivity index (χ2v) is 4.45. The Bertz CT molecular complexity index is 109. The van der Waals surface area contributed by atoms with Gasteiger partial charge >= 0.3 is 0 Å². The minimum atomic E-state index is 0.264. The Kier molecular flexibility index (Phi) is 11.9. The van der Waals surface area contributed by atoms with E-state index in [4.69, 9.17) is 10.2 Å². The van der Waals surface area contributed by atoms with Crippen molar-refractivity contribution in [3.63, 3.8) is 0 Å².